The molecular formula is C40H29ClFN3O3S. The topological polar surface area (TPSA) is 87.3 Å². The van der Waals surface area contributed by atoms with Gasteiger partial charge in [-0.3, -0.25) is 14.4 Å². The molecule has 0 saturated carbocycles. The molecule has 0 radical (unpaired) electrons. The van der Waals surface area contributed by atoms with Crippen molar-refractivity contribution in [3.05, 3.63) is 179 Å². The number of anilines is 2. The lowest BCUT2D eigenvalue weighted by Crippen LogP contribution is -2.30. The van der Waals surface area contributed by atoms with Crippen LogP contribution in [0.3, 0.4) is 0 Å². The van der Waals surface area contributed by atoms with Gasteiger partial charge in [0.1, 0.15) is 16.8 Å². The van der Waals surface area contributed by atoms with Crippen LogP contribution in [-0.2, 0) is 9.59 Å². The molecule has 0 aliphatic rings. The molecule has 0 saturated heterocycles. The molecule has 0 fully saturated rings. The highest BCUT2D eigenvalue weighted by atomic mass is 35.5. The molecule has 0 aliphatic carbocycles. The fourth-order valence-corrected chi connectivity index (χ4v) is 6.40. The molecule has 242 valence electrons. The van der Waals surface area contributed by atoms with E-state index in [1.165, 1.54) is 30.0 Å². The monoisotopic (exact) mass is 685 g/mol. The van der Waals surface area contributed by atoms with E-state index in [0.29, 0.717) is 21.8 Å². The predicted molar refractivity (Wildman–Crippen MR) is 196 cm³/mol. The molecule has 0 spiro atoms. The van der Waals surface area contributed by atoms with Gasteiger partial charge in [0.2, 0.25) is 5.91 Å². The minimum Gasteiger partial charge on any atom is -0.325 e. The Morgan fingerprint density at radius 2 is 1.37 bits per heavy atom. The summed E-state index contributed by atoms with van der Waals surface area (Å²) in [5.74, 6) is -1.87. The van der Waals surface area contributed by atoms with Crippen LogP contribution >= 0.6 is 23.4 Å². The highest BCUT2D eigenvalue weighted by molar-refractivity contribution is 8.00. The molecule has 1 atom stereocenters. The second kappa shape index (κ2) is 15.5. The van der Waals surface area contributed by atoms with Crippen LogP contribution in [0, 0.1) is 5.82 Å². The van der Waals surface area contributed by atoms with E-state index in [1.54, 1.807) is 48.5 Å². The number of amides is 3. The summed E-state index contributed by atoms with van der Waals surface area (Å²) in [5, 5.41) is 9.68. The van der Waals surface area contributed by atoms with Crippen LogP contribution in [0.15, 0.2) is 156 Å². The summed E-state index contributed by atoms with van der Waals surface area (Å²) in [7, 11) is 0. The Morgan fingerprint density at radius 1 is 0.694 bits per heavy atom. The maximum Gasteiger partial charge on any atom is 0.272 e. The SMILES string of the molecule is O=C(Nc1cccc(SC(C(=O)Nc2ccc(F)c(Cl)c2)c2ccccc2)c1)/C(=C\c1cccc2ccccc12)NC(=O)c1ccccc1. The van der Waals surface area contributed by atoms with E-state index in [4.69, 9.17) is 11.6 Å². The van der Waals surface area contributed by atoms with Gasteiger partial charge in [0.25, 0.3) is 11.8 Å². The molecule has 0 aromatic heterocycles. The smallest absolute Gasteiger partial charge is 0.272 e. The molecule has 3 N–H and O–H groups in total. The van der Waals surface area contributed by atoms with Gasteiger partial charge < -0.3 is 16.0 Å². The lowest BCUT2D eigenvalue weighted by molar-refractivity contribution is -0.116. The van der Waals surface area contributed by atoms with E-state index in [-0.39, 0.29) is 16.6 Å². The van der Waals surface area contributed by atoms with Crippen LogP contribution < -0.4 is 16.0 Å². The number of hydrogen-bond acceptors (Lipinski definition) is 4. The molecule has 0 bridgehead atoms. The summed E-state index contributed by atoms with van der Waals surface area (Å²) in [6.45, 7) is 0. The normalized spacial score (nSPS) is 11.8. The maximum atomic E-state index is 13.8. The van der Waals surface area contributed by atoms with Gasteiger partial charge >= 0.3 is 0 Å². The van der Waals surface area contributed by atoms with Crippen molar-refractivity contribution >= 4 is 69.3 Å². The van der Waals surface area contributed by atoms with Crippen LogP contribution in [0.2, 0.25) is 5.02 Å². The molecule has 6 aromatic carbocycles. The van der Waals surface area contributed by atoms with Crippen LogP contribution in [0.5, 0.6) is 0 Å². The Kier molecular flexibility index (Phi) is 10.5. The van der Waals surface area contributed by atoms with Gasteiger partial charge in [0, 0.05) is 21.8 Å². The van der Waals surface area contributed by atoms with E-state index < -0.39 is 22.9 Å². The fourth-order valence-electron chi connectivity index (χ4n) is 5.14. The van der Waals surface area contributed by atoms with Gasteiger partial charge in [-0.25, -0.2) is 4.39 Å². The van der Waals surface area contributed by atoms with Gasteiger partial charge in [-0.2, -0.15) is 0 Å². The van der Waals surface area contributed by atoms with Gasteiger partial charge in [-0.15, -0.1) is 11.8 Å². The van der Waals surface area contributed by atoms with Crippen molar-refractivity contribution in [3.8, 4) is 0 Å². The molecule has 6 aromatic rings. The third kappa shape index (κ3) is 8.43. The Morgan fingerprint density at radius 3 is 2.14 bits per heavy atom. The van der Waals surface area contributed by atoms with Crippen LogP contribution in [0.4, 0.5) is 15.8 Å². The zero-order valence-corrected chi connectivity index (χ0v) is 27.5. The van der Waals surface area contributed by atoms with Crippen LogP contribution in [-0.4, -0.2) is 17.7 Å². The molecule has 49 heavy (non-hydrogen) atoms. The van der Waals surface area contributed by atoms with E-state index in [9.17, 15) is 18.8 Å². The summed E-state index contributed by atoms with van der Waals surface area (Å²) >= 11 is 7.22. The van der Waals surface area contributed by atoms with Crippen molar-refractivity contribution in [2.45, 2.75) is 10.1 Å². The lowest BCUT2D eigenvalue weighted by atomic mass is 10.0. The zero-order valence-electron chi connectivity index (χ0n) is 25.9. The Balaban J connectivity index is 1.27. The Labute approximate surface area is 292 Å². The summed E-state index contributed by atoms with van der Waals surface area (Å²) in [6, 6.07) is 42.6. The third-order valence-electron chi connectivity index (χ3n) is 7.53. The number of fused-ring (bicyclic) bond motifs is 1. The van der Waals surface area contributed by atoms with Crippen molar-refractivity contribution in [2.24, 2.45) is 0 Å². The van der Waals surface area contributed by atoms with Crippen molar-refractivity contribution in [1.29, 1.82) is 0 Å². The largest absolute Gasteiger partial charge is 0.325 e. The molecule has 0 heterocycles. The molecule has 3 amide bonds. The molecular weight excluding hydrogens is 657 g/mol. The first-order valence-electron chi connectivity index (χ1n) is 15.3. The number of benzene rings is 6. The quantitative estimate of drug-likeness (QED) is 0.0990. The highest BCUT2D eigenvalue weighted by Gasteiger charge is 2.23. The van der Waals surface area contributed by atoms with E-state index in [2.05, 4.69) is 16.0 Å². The van der Waals surface area contributed by atoms with E-state index in [0.717, 1.165) is 21.9 Å². The standard InChI is InChI=1S/C40H29ClFN3O3S/c41-34-25-31(21-22-35(34)42)44-40(48)37(27-12-3-1-4-13-27)49-32-19-10-18-30(24-32)43-39(47)36(45-38(46)28-14-5-2-6-15-28)23-29-17-9-16-26-11-7-8-20-33(26)29/h1-25,37H,(H,43,47)(H,44,48)(H,45,46)/b36-23+. The number of thioether (sulfide) groups is 1. The van der Waals surface area contributed by atoms with Crippen LogP contribution in [0.25, 0.3) is 16.8 Å². The second-order valence-electron chi connectivity index (χ2n) is 11.0. The van der Waals surface area contributed by atoms with Crippen molar-refractivity contribution in [1.82, 2.24) is 5.32 Å². The summed E-state index contributed by atoms with van der Waals surface area (Å²) in [6.07, 6.45) is 1.66. The first kappa shape index (κ1) is 33.2. The Hall–Kier alpha value is -5.70. The van der Waals surface area contributed by atoms with Crippen molar-refractivity contribution in [3.63, 3.8) is 0 Å². The average molecular weight is 686 g/mol. The predicted octanol–water partition coefficient (Wildman–Crippen LogP) is 9.51. The van der Waals surface area contributed by atoms with Crippen LogP contribution in [0.1, 0.15) is 26.7 Å². The molecule has 9 heteroatoms. The zero-order chi connectivity index (χ0) is 34.2. The van der Waals surface area contributed by atoms with Gasteiger partial charge in [-0.1, -0.05) is 109 Å². The average Bonchev–Trinajstić information content (AvgIpc) is 3.13. The molecule has 6 rings (SSSR count). The number of hydrogen-bond donors (Lipinski definition) is 3. The number of nitrogens with one attached hydrogen (secondary N) is 3. The summed E-state index contributed by atoms with van der Waals surface area (Å²) in [4.78, 5) is 41.3. The van der Waals surface area contributed by atoms with Crippen molar-refractivity contribution in [2.75, 3.05) is 10.6 Å². The molecule has 6 nitrogen and oxygen atoms in total. The minimum absolute atomic E-state index is 0.0581. The van der Waals surface area contributed by atoms with E-state index >= 15 is 0 Å². The van der Waals surface area contributed by atoms with Gasteiger partial charge in [0.15, 0.2) is 0 Å². The highest BCUT2D eigenvalue weighted by Crippen LogP contribution is 2.37. The number of carbonyl (C=O) groups is 3. The van der Waals surface area contributed by atoms with Gasteiger partial charge in [-0.05, 0) is 76.5 Å². The fraction of sp³-hybridized carbons (Fsp3) is 0.0250. The Bertz CT molecular complexity index is 2170. The minimum atomic E-state index is -0.692. The number of carbonyl (C=O) groups excluding carboxylic acids is 3. The number of rotatable bonds is 10. The van der Waals surface area contributed by atoms with Crippen molar-refractivity contribution < 1.29 is 18.8 Å². The summed E-state index contributed by atoms with van der Waals surface area (Å²) < 4.78 is 13.7. The summed E-state index contributed by atoms with van der Waals surface area (Å²) in [5.41, 5.74) is 2.80. The number of halogens is 2. The lowest BCUT2D eigenvalue weighted by Gasteiger charge is -2.18. The van der Waals surface area contributed by atoms with E-state index in [1.807, 2.05) is 84.9 Å². The first-order chi connectivity index (χ1) is 23.8. The maximum absolute atomic E-state index is 13.8. The van der Waals surface area contributed by atoms with Gasteiger partial charge in [0.05, 0.1) is 5.02 Å². The molecule has 0 aliphatic heterocycles. The molecule has 1 unspecified atom stereocenters. The third-order valence-corrected chi connectivity index (χ3v) is 9.06. The first-order valence-corrected chi connectivity index (χ1v) is 16.5. The second-order valence-corrected chi connectivity index (χ2v) is 12.5.